The Balaban J connectivity index is 1.97. The molecule has 1 heterocycles. The van der Waals surface area contributed by atoms with Crippen LogP contribution in [0.5, 0.6) is 11.5 Å². The van der Waals surface area contributed by atoms with Crippen LogP contribution in [-0.2, 0) is 9.84 Å². The number of nitrogen functional groups attached to an aromatic ring is 1. The van der Waals surface area contributed by atoms with Crippen molar-refractivity contribution in [1.82, 2.24) is 4.98 Å². The number of rotatable bonds is 6. The molecule has 0 aliphatic rings. The second-order valence-corrected chi connectivity index (χ2v) is 6.27. The zero-order valence-corrected chi connectivity index (χ0v) is 12.3. The molecule has 1 aromatic heterocycles. The summed E-state index contributed by atoms with van der Waals surface area (Å²) in [5, 5.41) is -0.108. The van der Waals surface area contributed by atoms with E-state index in [2.05, 4.69) is 4.98 Å². The molecular weight excluding hydrogens is 292 g/mol. The molecule has 1 aromatic carbocycles. The topological polar surface area (TPSA) is 91.5 Å². The Labute approximate surface area is 123 Å². The lowest BCUT2D eigenvalue weighted by Crippen LogP contribution is -2.16. The van der Waals surface area contributed by atoms with Crippen molar-refractivity contribution in [3.8, 4) is 11.5 Å². The molecule has 0 fully saturated rings. The number of aromatic nitrogens is 1. The van der Waals surface area contributed by atoms with Crippen molar-refractivity contribution in [3.05, 3.63) is 42.6 Å². The van der Waals surface area contributed by atoms with E-state index in [1.54, 1.807) is 37.4 Å². The van der Waals surface area contributed by atoms with E-state index in [0.29, 0.717) is 11.5 Å². The summed E-state index contributed by atoms with van der Waals surface area (Å²) in [5.74, 6) is 1.08. The Kier molecular flexibility index (Phi) is 4.64. The van der Waals surface area contributed by atoms with E-state index < -0.39 is 9.84 Å². The van der Waals surface area contributed by atoms with Crippen molar-refractivity contribution in [2.24, 2.45) is 0 Å². The van der Waals surface area contributed by atoms with Crippen LogP contribution in [0.25, 0.3) is 0 Å². The summed E-state index contributed by atoms with van der Waals surface area (Å²) in [6, 6.07) is 9.98. The molecule has 2 aromatic rings. The highest BCUT2D eigenvalue weighted by atomic mass is 32.2. The number of ether oxygens (including phenoxy) is 2. The molecule has 7 heteroatoms. The molecular formula is C14H16N2O4S. The van der Waals surface area contributed by atoms with E-state index in [1.165, 1.54) is 12.3 Å². The molecule has 6 nitrogen and oxygen atoms in total. The zero-order chi connectivity index (χ0) is 15.3. The molecule has 0 aliphatic heterocycles. The molecule has 0 saturated carbocycles. The van der Waals surface area contributed by atoms with Gasteiger partial charge in [-0.1, -0.05) is 0 Å². The van der Waals surface area contributed by atoms with E-state index in [9.17, 15) is 8.42 Å². The lowest BCUT2D eigenvalue weighted by Gasteiger charge is -2.08. The number of pyridine rings is 1. The van der Waals surface area contributed by atoms with Gasteiger partial charge in [0.25, 0.3) is 0 Å². The van der Waals surface area contributed by atoms with Gasteiger partial charge in [0.2, 0.25) is 9.84 Å². The van der Waals surface area contributed by atoms with Gasteiger partial charge in [-0.25, -0.2) is 13.4 Å². The summed E-state index contributed by atoms with van der Waals surface area (Å²) in [6.07, 6.45) is 1.40. The van der Waals surface area contributed by atoms with Crippen LogP contribution in [0.3, 0.4) is 0 Å². The largest absolute Gasteiger partial charge is 0.497 e. The second kappa shape index (κ2) is 6.45. The maximum absolute atomic E-state index is 12.1. The minimum atomic E-state index is -3.56. The van der Waals surface area contributed by atoms with Gasteiger partial charge in [-0.15, -0.1) is 0 Å². The number of benzene rings is 1. The molecule has 0 radical (unpaired) electrons. The normalized spacial score (nSPS) is 11.1. The van der Waals surface area contributed by atoms with E-state index in [-0.39, 0.29) is 23.1 Å². The van der Waals surface area contributed by atoms with Gasteiger partial charge < -0.3 is 15.2 Å². The Morgan fingerprint density at radius 2 is 1.81 bits per heavy atom. The summed E-state index contributed by atoms with van der Waals surface area (Å²) in [7, 11) is -1.99. The van der Waals surface area contributed by atoms with Crippen LogP contribution in [0.4, 0.5) is 5.69 Å². The minimum absolute atomic E-state index is 0.0185. The molecule has 0 spiro atoms. The van der Waals surface area contributed by atoms with Crippen LogP contribution in [0.1, 0.15) is 0 Å². The summed E-state index contributed by atoms with van der Waals surface area (Å²) < 4.78 is 34.6. The minimum Gasteiger partial charge on any atom is -0.497 e. The summed E-state index contributed by atoms with van der Waals surface area (Å²) in [4.78, 5) is 3.81. The van der Waals surface area contributed by atoms with Crippen molar-refractivity contribution in [1.29, 1.82) is 0 Å². The predicted octanol–water partition coefficient (Wildman–Crippen LogP) is 1.53. The monoisotopic (exact) mass is 308 g/mol. The molecule has 21 heavy (non-hydrogen) atoms. The molecule has 0 aliphatic carbocycles. The van der Waals surface area contributed by atoms with Crippen molar-refractivity contribution in [2.75, 3.05) is 25.2 Å². The van der Waals surface area contributed by atoms with Gasteiger partial charge in [0.15, 0.2) is 5.03 Å². The number of anilines is 1. The van der Waals surface area contributed by atoms with E-state index in [0.717, 1.165) is 0 Å². The summed E-state index contributed by atoms with van der Waals surface area (Å²) in [5.41, 5.74) is 5.77. The molecule has 0 amide bonds. The van der Waals surface area contributed by atoms with Crippen LogP contribution in [0.15, 0.2) is 47.6 Å². The lowest BCUT2D eigenvalue weighted by molar-refractivity contribution is 0.339. The summed E-state index contributed by atoms with van der Waals surface area (Å²) in [6.45, 7) is 0.0185. The fourth-order valence-electron chi connectivity index (χ4n) is 1.70. The number of hydrogen-bond acceptors (Lipinski definition) is 6. The van der Waals surface area contributed by atoms with Gasteiger partial charge in [0, 0.05) is 6.20 Å². The Morgan fingerprint density at radius 3 is 2.43 bits per heavy atom. The maximum Gasteiger partial charge on any atom is 0.201 e. The average Bonchev–Trinajstić information content (AvgIpc) is 2.48. The zero-order valence-electron chi connectivity index (χ0n) is 11.5. The molecule has 0 atom stereocenters. The summed E-state index contributed by atoms with van der Waals surface area (Å²) >= 11 is 0. The SMILES string of the molecule is COc1ccc(OCCS(=O)(=O)c2ncccc2N)cc1. The smallest absolute Gasteiger partial charge is 0.201 e. The highest BCUT2D eigenvalue weighted by Crippen LogP contribution is 2.18. The number of nitrogens with two attached hydrogens (primary N) is 1. The fraction of sp³-hybridized carbons (Fsp3) is 0.214. The number of methoxy groups -OCH3 is 1. The second-order valence-electron chi connectivity index (χ2n) is 4.24. The third-order valence-corrected chi connectivity index (χ3v) is 4.41. The third kappa shape index (κ3) is 3.85. The van der Waals surface area contributed by atoms with Crippen molar-refractivity contribution < 1.29 is 17.9 Å². The molecule has 2 rings (SSSR count). The van der Waals surface area contributed by atoms with Gasteiger partial charge >= 0.3 is 0 Å². The Bertz CT molecular complexity index is 699. The fourth-order valence-corrected chi connectivity index (χ4v) is 2.85. The Morgan fingerprint density at radius 1 is 1.14 bits per heavy atom. The first-order valence-electron chi connectivity index (χ1n) is 6.23. The molecule has 0 unspecified atom stereocenters. The predicted molar refractivity (Wildman–Crippen MR) is 79.2 cm³/mol. The van der Waals surface area contributed by atoms with Crippen LogP contribution in [-0.4, -0.2) is 32.9 Å². The quantitative estimate of drug-likeness (QED) is 0.870. The van der Waals surface area contributed by atoms with E-state index in [4.69, 9.17) is 15.2 Å². The number of sulfone groups is 1. The molecule has 112 valence electrons. The van der Waals surface area contributed by atoms with Gasteiger partial charge in [-0.05, 0) is 36.4 Å². The van der Waals surface area contributed by atoms with E-state index >= 15 is 0 Å². The molecule has 2 N–H and O–H groups in total. The van der Waals surface area contributed by atoms with Crippen LogP contribution in [0, 0.1) is 0 Å². The number of nitrogens with zero attached hydrogens (tertiary/aromatic N) is 1. The first-order chi connectivity index (χ1) is 10.0. The van der Waals surface area contributed by atoms with Gasteiger partial charge in [0.05, 0.1) is 18.6 Å². The third-order valence-electron chi connectivity index (χ3n) is 2.78. The first kappa shape index (κ1) is 15.1. The van der Waals surface area contributed by atoms with Gasteiger partial charge in [0.1, 0.15) is 18.1 Å². The van der Waals surface area contributed by atoms with Crippen LogP contribution < -0.4 is 15.2 Å². The van der Waals surface area contributed by atoms with E-state index in [1.807, 2.05) is 0 Å². The standard InChI is InChI=1S/C14H16N2O4S/c1-19-11-4-6-12(7-5-11)20-9-10-21(17,18)14-13(15)3-2-8-16-14/h2-8H,9-10,15H2,1H3. The lowest BCUT2D eigenvalue weighted by atomic mass is 10.3. The number of hydrogen-bond donors (Lipinski definition) is 1. The van der Waals surface area contributed by atoms with Gasteiger partial charge in [-0.2, -0.15) is 0 Å². The highest BCUT2D eigenvalue weighted by Gasteiger charge is 2.19. The van der Waals surface area contributed by atoms with Crippen LogP contribution in [0.2, 0.25) is 0 Å². The van der Waals surface area contributed by atoms with Crippen molar-refractivity contribution >= 4 is 15.5 Å². The Hall–Kier alpha value is -2.28. The molecule has 0 bridgehead atoms. The molecule has 0 saturated heterocycles. The average molecular weight is 308 g/mol. The van der Waals surface area contributed by atoms with Crippen molar-refractivity contribution in [3.63, 3.8) is 0 Å². The first-order valence-corrected chi connectivity index (χ1v) is 7.88. The van der Waals surface area contributed by atoms with Crippen molar-refractivity contribution in [2.45, 2.75) is 5.03 Å². The van der Waals surface area contributed by atoms with Gasteiger partial charge in [-0.3, -0.25) is 0 Å². The van der Waals surface area contributed by atoms with Crippen LogP contribution >= 0.6 is 0 Å². The highest BCUT2D eigenvalue weighted by molar-refractivity contribution is 7.91. The maximum atomic E-state index is 12.1.